The number of fused-ring (bicyclic) bond motifs is 1. The highest BCUT2D eigenvalue weighted by atomic mass is 31.2. The van der Waals surface area contributed by atoms with Gasteiger partial charge in [-0.25, -0.2) is 4.79 Å². The van der Waals surface area contributed by atoms with Crippen LogP contribution in [0.15, 0.2) is 54.6 Å². The Morgan fingerprint density at radius 3 is 2.36 bits per heavy atom. The summed E-state index contributed by atoms with van der Waals surface area (Å²) in [5, 5.41) is 12.4. The maximum absolute atomic E-state index is 13.4. The summed E-state index contributed by atoms with van der Waals surface area (Å²) in [5.41, 5.74) is 2.97. The molecule has 9 heteroatoms. The van der Waals surface area contributed by atoms with E-state index in [0.717, 1.165) is 16.7 Å². The van der Waals surface area contributed by atoms with Gasteiger partial charge in [0.05, 0.1) is 6.16 Å². The number of carboxylic acids is 1. The lowest BCUT2D eigenvalue weighted by Gasteiger charge is -2.36. The number of carbonyl (C=O) groups excluding carboxylic acids is 1. The molecule has 1 aliphatic rings. The average molecular weight is 474 g/mol. The Bertz CT molecular complexity index is 1010. The number of rotatable bonds is 9. The number of nitrogens with one attached hydrogen (secondary N) is 1. The van der Waals surface area contributed by atoms with Gasteiger partial charge in [-0.15, -0.1) is 0 Å². The van der Waals surface area contributed by atoms with Crippen molar-refractivity contribution in [3.63, 3.8) is 0 Å². The smallest absolute Gasteiger partial charge is 0.408 e. The first-order chi connectivity index (χ1) is 15.7. The number of carboxylic acid groups (broad SMARTS) is 1. The maximum atomic E-state index is 13.4. The lowest BCUT2D eigenvalue weighted by molar-refractivity contribution is -0.142. The molecule has 3 N–H and O–H groups in total. The summed E-state index contributed by atoms with van der Waals surface area (Å²) in [4.78, 5) is 37.1. The number of ether oxygens (including phenoxy) is 1. The van der Waals surface area contributed by atoms with E-state index in [-0.39, 0.29) is 6.61 Å². The summed E-state index contributed by atoms with van der Waals surface area (Å²) in [5.74, 6) is -2.68. The molecule has 3 unspecified atom stereocenters. The van der Waals surface area contributed by atoms with Crippen molar-refractivity contribution in [3.05, 3.63) is 71.3 Å². The fraction of sp³-hybridized carbons (Fsp3) is 0.417. The lowest BCUT2D eigenvalue weighted by Crippen LogP contribution is -2.48. The second-order valence-corrected chi connectivity index (χ2v) is 11.1. The molecule has 8 nitrogen and oxygen atoms in total. The van der Waals surface area contributed by atoms with Gasteiger partial charge in [0, 0.05) is 13.1 Å². The van der Waals surface area contributed by atoms with Crippen LogP contribution in [0.3, 0.4) is 0 Å². The number of carbonyl (C=O) groups is 2. The molecule has 1 aliphatic heterocycles. The van der Waals surface area contributed by atoms with Crippen LogP contribution in [-0.2, 0) is 33.7 Å². The van der Waals surface area contributed by atoms with Crippen LogP contribution in [-0.4, -0.2) is 51.5 Å². The minimum atomic E-state index is -4.10. The van der Waals surface area contributed by atoms with Gasteiger partial charge in [0.1, 0.15) is 18.4 Å². The van der Waals surface area contributed by atoms with Gasteiger partial charge >= 0.3 is 12.1 Å². The van der Waals surface area contributed by atoms with Gasteiger partial charge < -0.3 is 20.1 Å². The third-order valence-corrected chi connectivity index (χ3v) is 8.33. The first-order valence-electron chi connectivity index (χ1n) is 11.0. The molecule has 3 atom stereocenters. The van der Waals surface area contributed by atoms with Gasteiger partial charge in [0.2, 0.25) is 7.37 Å². The zero-order valence-corrected chi connectivity index (χ0v) is 19.8. The van der Waals surface area contributed by atoms with Gasteiger partial charge in [-0.1, -0.05) is 68.4 Å². The predicted octanol–water partition coefficient (Wildman–Crippen LogP) is 3.68. The standard InChI is InChI=1S/C24H31N2O6P/c1-17(2)22(25-24(29)32-15-18-8-4-3-5-9-18)33(30,31)16-21(23(27)28)26-13-12-19-10-6-7-11-20(19)14-26/h3-11,17,21-22H,12-16H2,1-2H3,(H,25,29)(H,27,28)(H,30,31). The monoisotopic (exact) mass is 474 g/mol. The van der Waals surface area contributed by atoms with E-state index in [1.54, 1.807) is 30.9 Å². The highest BCUT2D eigenvalue weighted by Crippen LogP contribution is 2.49. The van der Waals surface area contributed by atoms with Crippen molar-refractivity contribution < 1.29 is 28.9 Å². The molecule has 1 amide bonds. The minimum absolute atomic E-state index is 0.0259. The maximum Gasteiger partial charge on any atom is 0.408 e. The molecule has 0 spiro atoms. The molecule has 3 rings (SSSR count). The highest BCUT2D eigenvalue weighted by molar-refractivity contribution is 7.58. The van der Waals surface area contributed by atoms with E-state index < -0.39 is 43.3 Å². The Hall–Kier alpha value is -2.67. The van der Waals surface area contributed by atoms with Crippen LogP contribution in [0.2, 0.25) is 0 Å². The Morgan fingerprint density at radius 1 is 1.09 bits per heavy atom. The molecular weight excluding hydrogens is 443 g/mol. The SMILES string of the molecule is CC(C)C(NC(=O)OCc1ccccc1)P(=O)(O)CC(C(=O)O)N1CCc2ccccc2C1. The van der Waals surface area contributed by atoms with Gasteiger partial charge in [-0.2, -0.15) is 0 Å². The number of amides is 1. The molecule has 178 valence electrons. The zero-order valence-electron chi connectivity index (χ0n) is 18.9. The van der Waals surface area contributed by atoms with Crippen molar-refractivity contribution in [2.24, 2.45) is 5.92 Å². The van der Waals surface area contributed by atoms with Crippen LogP contribution in [0.4, 0.5) is 4.79 Å². The summed E-state index contributed by atoms with van der Waals surface area (Å²) in [7, 11) is -4.10. The van der Waals surface area contributed by atoms with Crippen molar-refractivity contribution in [2.45, 2.75) is 45.2 Å². The predicted molar refractivity (Wildman–Crippen MR) is 125 cm³/mol. The van der Waals surface area contributed by atoms with E-state index in [9.17, 15) is 24.2 Å². The van der Waals surface area contributed by atoms with Crippen molar-refractivity contribution in [2.75, 3.05) is 12.7 Å². The van der Waals surface area contributed by atoms with Gasteiger partial charge in [-0.3, -0.25) is 14.3 Å². The molecule has 0 aromatic heterocycles. The average Bonchev–Trinajstić information content (AvgIpc) is 2.79. The Balaban J connectivity index is 1.68. The van der Waals surface area contributed by atoms with Gasteiger partial charge in [0.15, 0.2) is 0 Å². The zero-order chi connectivity index (χ0) is 24.0. The first-order valence-corrected chi connectivity index (χ1v) is 12.9. The Morgan fingerprint density at radius 2 is 1.73 bits per heavy atom. The van der Waals surface area contributed by atoms with Crippen molar-refractivity contribution >= 4 is 19.4 Å². The number of aliphatic carboxylic acids is 1. The van der Waals surface area contributed by atoms with Crippen LogP contribution in [0.5, 0.6) is 0 Å². The molecule has 0 aliphatic carbocycles. The topological polar surface area (TPSA) is 116 Å². The molecule has 0 bridgehead atoms. The van der Waals surface area contributed by atoms with E-state index in [1.807, 2.05) is 42.5 Å². The third kappa shape index (κ3) is 6.67. The normalized spacial score (nSPS) is 17.5. The van der Waals surface area contributed by atoms with E-state index in [2.05, 4.69) is 5.32 Å². The fourth-order valence-electron chi connectivity index (χ4n) is 4.11. The van der Waals surface area contributed by atoms with E-state index in [4.69, 9.17) is 4.74 Å². The molecular formula is C24H31N2O6P. The van der Waals surface area contributed by atoms with Crippen molar-refractivity contribution in [3.8, 4) is 0 Å². The number of hydrogen-bond donors (Lipinski definition) is 3. The first kappa shape index (κ1) is 25.0. The third-order valence-electron chi connectivity index (χ3n) is 5.87. The number of benzene rings is 2. The van der Waals surface area contributed by atoms with Gasteiger partial charge in [-0.05, 0) is 29.0 Å². The van der Waals surface area contributed by atoms with E-state index in [1.165, 1.54) is 0 Å². The summed E-state index contributed by atoms with van der Waals surface area (Å²) in [6.07, 6.45) is -0.606. The fourth-order valence-corrected chi connectivity index (χ4v) is 6.46. The number of nitrogens with zero attached hydrogens (tertiary/aromatic N) is 1. The molecule has 2 aromatic rings. The molecule has 0 fully saturated rings. The summed E-state index contributed by atoms with van der Waals surface area (Å²) < 4.78 is 18.6. The lowest BCUT2D eigenvalue weighted by atomic mass is 9.99. The second-order valence-electron chi connectivity index (χ2n) is 8.68. The van der Waals surface area contributed by atoms with Crippen molar-refractivity contribution in [1.82, 2.24) is 10.2 Å². The molecule has 0 saturated carbocycles. The molecule has 2 aromatic carbocycles. The minimum Gasteiger partial charge on any atom is -0.480 e. The second kappa shape index (κ2) is 11.0. The number of alkyl carbamates (subject to hydrolysis) is 1. The van der Waals surface area contributed by atoms with E-state index >= 15 is 0 Å². The molecule has 0 saturated heterocycles. The van der Waals surface area contributed by atoms with Gasteiger partial charge in [0.25, 0.3) is 0 Å². The number of hydrogen-bond acceptors (Lipinski definition) is 5. The highest BCUT2D eigenvalue weighted by Gasteiger charge is 2.41. The largest absolute Gasteiger partial charge is 0.480 e. The van der Waals surface area contributed by atoms with Crippen LogP contribution in [0.25, 0.3) is 0 Å². The molecule has 33 heavy (non-hydrogen) atoms. The Kier molecular flexibility index (Phi) is 8.30. The van der Waals surface area contributed by atoms with Crippen LogP contribution < -0.4 is 5.32 Å². The molecule has 0 radical (unpaired) electrons. The summed E-state index contributed by atoms with van der Waals surface area (Å²) in [6.45, 7) is 4.31. The Labute approximate surface area is 194 Å². The quantitative estimate of drug-likeness (QED) is 0.475. The summed E-state index contributed by atoms with van der Waals surface area (Å²) >= 11 is 0. The van der Waals surface area contributed by atoms with E-state index in [0.29, 0.717) is 19.5 Å². The van der Waals surface area contributed by atoms with Crippen LogP contribution in [0.1, 0.15) is 30.5 Å². The van der Waals surface area contributed by atoms with Crippen LogP contribution in [0, 0.1) is 5.92 Å². The van der Waals surface area contributed by atoms with Crippen LogP contribution >= 0.6 is 7.37 Å². The summed E-state index contributed by atoms with van der Waals surface area (Å²) in [6, 6.07) is 15.8. The van der Waals surface area contributed by atoms with Crippen molar-refractivity contribution in [1.29, 1.82) is 0 Å². The molecule has 1 heterocycles.